The average molecular weight is 399 g/mol. The van der Waals surface area contributed by atoms with Crippen LogP contribution in [0.3, 0.4) is 0 Å². The molecule has 0 saturated heterocycles. The first kappa shape index (κ1) is 22.6. The molecule has 1 aromatic rings. The number of carbonyl (C=O) groups is 2. The van der Waals surface area contributed by atoms with Gasteiger partial charge in [0.2, 0.25) is 6.04 Å². The SMILES string of the molecule is CC(C)(C)OC(=O)N[C]([C@H](NC(=O)c1ccccc1)C(F)(F)F)C(F)(F)F. The van der Waals surface area contributed by atoms with Crippen LogP contribution in [0.25, 0.3) is 0 Å². The maximum absolute atomic E-state index is 13.2. The Labute approximate surface area is 151 Å². The van der Waals surface area contributed by atoms with Crippen molar-refractivity contribution in [3.8, 4) is 0 Å². The van der Waals surface area contributed by atoms with Crippen LogP contribution in [0.5, 0.6) is 0 Å². The summed E-state index contributed by atoms with van der Waals surface area (Å²) in [4.78, 5) is 23.5. The number of benzene rings is 1. The highest BCUT2D eigenvalue weighted by atomic mass is 19.4. The van der Waals surface area contributed by atoms with Gasteiger partial charge in [0.25, 0.3) is 5.91 Å². The molecule has 1 atom stereocenters. The fourth-order valence-corrected chi connectivity index (χ4v) is 1.84. The van der Waals surface area contributed by atoms with E-state index in [9.17, 15) is 35.9 Å². The molecule has 0 aromatic heterocycles. The Morgan fingerprint density at radius 3 is 1.89 bits per heavy atom. The molecule has 0 heterocycles. The molecule has 2 N–H and O–H groups in total. The molecule has 151 valence electrons. The third-order valence-electron chi connectivity index (χ3n) is 2.87. The lowest BCUT2D eigenvalue weighted by atomic mass is 10.1. The van der Waals surface area contributed by atoms with Gasteiger partial charge in [0.15, 0.2) is 6.04 Å². The zero-order valence-corrected chi connectivity index (χ0v) is 14.5. The summed E-state index contributed by atoms with van der Waals surface area (Å²) >= 11 is 0. The molecule has 5 nitrogen and oxygen atoms in total. The minimum Gasteiger partial charge on any atom is -0.444 e. The van der Waals surface area contributed by atoms with E-state index < -0.39 is 42.0 Å². The molecule has 27 heavy (non-hydrogen) atoms. The number of hydrogen-bond donors (Lipinski definition) is 2. The Morgan fingerprint density at radius 2 is 1.48 bits per heavy atom. The Kier molecular flexibility index (Phi) is 6.73. The third kappa shape index (κ3) is 7.35. The highest BCUT2D eigenvalue weighted by Crippen LogP contribution is 2.36. The van der Waals surface area contributed by atoms with E-state index in [1.807, 2.05) is 0 Å². The monoisotopic (exact) mass is 399 g/mol. The Hall–Kier alpha value is -2.46. The number of rotatable bonds is 4. The van der Waals surface area contributed by atoms with E-state index in [1.165, 1.54) is 44.3 Å². The predicted octanol–water partition coefficient (Wildman–Crippen LogP) is 3.97. The number of amides is 2. The van der Waals surface area contributed by atoms with Gasteiger partial charge in [-0.1, -0.05) is 18.2 Å². The topological polar surface area (TPSA) is 67.4 Å². The van der Waals surface area contributed by atoms with Gasteiger partial charge in [-0.05, 0) is 32.9 Å². The molecule has 0 spiro atoms. The highest BCUT2D eigenvalue weighted by Gasteiger charge is 2.58. The van der Waals surface area contributed by atoms with E-state index in [0.717, 1.165) is 17.4 Å². The third-order valence-corrected chi connectivity index (χ3v) is 2.87. The van der Waals surface area contributed by atoms with Gasteiger partial charge in [-0.3, -0.25) is 4.79 Å². The molecular formula is C16H17F6N2O3. The van der Waals surface area contributed by atoms with Gasteiger partial charge in [0.1, 0.15) is 5.60 Å². The molecule has 0 bridgehead atoms. The van der Waals surface area contributed by atoms with Gasteiger partial charge >= 0.3 is 18.4 Å². The molecule has 0 unspecified atom stereocenters. The predicted molar refractivity (Wildman–Crippen MR) is 82.4 cm³/mol. The van der Waals surface area contributed by atoms with E-state index in [2.05, 4.69) is 4.74 Å². The van der Waals surface area contributed by atoms with Gasteiger partial charge in [-0.15, -0.1) is 0 Å². The second-order valence-corrected chi connectivity index (χ2v) is 6.35. The average Bonchev–Trinajstić information content (AvgIpc) is 2.47. The van der Waals surface area contributed by atoms with Crippen LogP contribution in [0.4, 0.5) is 31.1 Å². The summed E-state index contributed by atoms with van der Waals surface area (Å²) < 4.78 is 83.8. The minimum absolute atomic E-state index is 0.287. The lowest BCUT2D eigenvalue weighted by molar-refractivity contribution is -0.187. The van der Waals surface area contributed by atoms with Crippen molar-refractivity contribution in [1.82, 2.24) is 10.6 Å². The Morgan fingerprint density at radius 1 is 0.963 bits per heavy atom. The van der Waals surface area contributed by atoms with Crippen molar-refractivity contribution in [3.63, 3.8) is 0 Å². The summed E-state index contributed by atoms with van der Waals surface area (Å²) in [5.41, 5.74) is -1.53. The fraction of sp³-hybridized carbons (Fsp3) is 0.438. The number of halogens is 6. The van der Waals surface area contributed by atoms with Gasteiger partial charge in [0, 0.05) is 5.56 Å². The van der Waals surface area contributed by atoms with E-state index in [0.29, 0.717) is 0 Å². The second-order valence-electron chi connectivity index (χ2n) is 6.35. The molecule has 0 fully saturated rings. The summed E-state index contributed by atoms with van der Waals surface area (Å²) in [7, 11) is 0. The Bertz CT molecular complexity index is 653. The van der Waals surface area contributed by atoms with Crippen LogP contribution in [-0.4, -0.2) is 36.0 Å². The molecule has 1 aromatic carbocycles. The van der Waals surface area contributed by atoms with Crippen LogP contribution >= 0.6 is 0 Å². The summed E-state index contributed by atoms with van der Waals surface area (Å²) in [6, 6.07) is 0.450. The fourth-order valence-electron chi connectivity index (χ4n) is 1.84. The molecule has 0 aliphatic heterocycles. The maximum atomic E-state index is 13.2. The normalized spacial score (nSPS) is 13.9. The number of hydrogen-bond acceptors (Lipinski definition) is 3. The van der Waals surface area contributed by atoms with Crippen molar-refractivity contribution in [2.75, 3.05) is 0 Å². The van der Waals surface area contributed by atoms with E-state index in [4.69, 9.17) is 0 Å². The molecule has 0 aliphatic carbocycles. The summed E-state index contributed by atoms with van der Waals surface area (Å²) in [6.45, 7) is 3.95. The lowest BCUT2D eigenvalue weighted by Gasteiger charge is -2.31. The van der Waals surface area contributed by atoms with Gasteiger partial charge in [-0.25, -0.2) is 4.79 Å². The maximum Gasteiger partial charge on any atom is 0.416 e. The number of ether oxygens (including phenoxy) is 1. The van der Waals surface area contributed by atoms with Crippen molar-refractivity contribution in [1.29, 1.82) is 0 Å². The minimum atomic E-state index is -5.60. The van der Waals surface area contributed by atoms with Gasteiger partial charge < -0.3 is 15.4 Å². The highest BCUT2D eigenvalue weighted by molar-refractivity contribution is 5.94. The number of alkyl carbamates (subject to hydrolysis) is 1. The number of alkyl halides is 6. The molecule has 1 radical (unpaired) electrons. The summed E-state index contributed by atoms with van der Waals surface area (Å²) in [5, 5.41) is 2.33. The Balaban J connectivity index is 3.14. The van der Waals surface area contributed by atoms with Crippen LogP contribution in [0.2, 0.25) is 0 Å². The van der Waals surface area contributed by atoms with Crippen LogP contribution in [0, 0.1) is 6.04 Å². The van der Waals surface area contributed by atoms with E-state index >= 15 is 0 Å². The summed E-state index contributed by atoms with van der Waals surface area (Å²) in [6.07, 6.45) is -12.9. The molecular weight excluding hydrogens is 382 g/mol. The van der Waals surface area contributed by atoms with Crippen molar-refractivity contribution in [3.05, 3.63) is 41.9 Å². The first-order valence-electron chi connectivity index (χ1n) is 7.48. The molecule has 1 rings (SSSR count). The van der Waals surface area contributed by atoms with E-state index in [-0.39, 0.29) is 5.56 Å². The number of carbonyl (C=O) groups excluding carboxylic acids is 2. The molecule has 0 aliphatic rings. The first-order chi connectivity index (χ1) is 12.1. The first-order valence-corrected chi connectivity index (χ1v) is 7.48. The van der Waals surface area contributed by atoms with Crippen LogP contribution < -0.4 is 10.6 Å². The molecule has 0 saturated carbocycles. The number of nitrogens with one attached hydrogen (secondary N) is 2. The second kappa shape index (κ2) is 8.05. The van der Waals surface area contributed by atoms with Crippen molar-refractivity contribution >= 4 is 12.0 Å². The quantitative estimate of drug-likeness (QED) is 0.753. The van der Waals surface area contributed by atoms with Gasteiger partial charge in [0.05, 0.1) is 0 Å². The smallest absolute Gasteiger partial charge is 0.416 e. The van der Waals surface area contributed by atoms with Crippen LogP contribution in [-0.2, 0) is 4.74 Å². The largest absolute Gasteiger partial charge is 0.444 e. The van der Waals surface area contributed by atoms with Crippen molar-refractivity contribution in [2.45, 2.75) is 44.8 Å². The van der Waals surface area contributed by atoms with Crippen LogP contribution in [0.1, 0.15) is 31.1 Å². The zero-order chi connectivity index (χ0) is 21.0. The zero-order valence-electron chi connectivity index (χ0n) is 14.5. The molecule has 2 amide bonds. The van der Waals surface area contributed by atoms with Gasteiger partial charge in [-0.2, -0.15) is 26.3 Å². The standard InChI is InChI=1S/C16H17F6N2O3/c1-14(2,3)27-13(26)24-11(16(20,21)22)10(15(17,18)19)23-12(25)9-7-5-4-6-8-9/h4-8,10H,1-3H3,(H,23,25)(H,24,26)/t10-/m0/s1. The molecule has 11 heteroatoms. The lowest BCUT2D eigenvalue weighted by Crippen LogP contribution is -2.59. The van der Waals surface area contributed by atoms with Crippen molar-refractivity contribution in [2.24, 2.45) is 0 Å². The van der Waals surface area contributed by atoms with Crippen LogP contribution in [0.15, 0.2) is 30.3 Å². The van der Waals surface area contributed by atoms with Crippen molar-refractivity contribution < 1.29 is 40.7 Å². The van der Waals surface area contributed by atoms with E-state index in [1.54, 1.807) is 0 Å². The summed E-state index contributed by atoms with van der Waals surface area (Å²) in [5.74, 6) is -1.40.